The SMILES string of the molecule is C.C.C.CC(=O)NC(=O)CCc1ccc(Oc2ccc(/C(=C\c3ccc(F)cc3)C(=O)N(C)C)cc2)cc1.CC(=O)NC(=O)CCc1ccc(Oc2ccc(/C(=C\c3ccc(F)cc3)C(=O)O)cc2)cc1.NC(=O)CCc1ccc(Oc2ccc(CC(=O)O)cc2)cc1. The number of halogens is 2. The number of carbonyl (C=O) groups is 8. The number of rotatable bonds is 23. The first-order valence-electron chi connectivity index (χ1n) is 28.1. The maximum atomic E-state index is 13.3. The van der Waals surface area contributed by atoms with Gasteiger partial charge in [-0.25, -0.2) is 13.6 Å². The van der Waals surface area contributed by atoms with Crippen LogP contribution in [0.1, 0.15) is 99.9 Å². The summed E-state index contributed by atoms with van der Waals surface area (Å²) in [5.74, 6) is -0.903. The van der Waals surface area contributed by atoms with E-state index in [2.05, 4.69) is 10.6 Å². The number of carbonyl (C=O) groups excluding carboxylic acids is 6. The predicted molar refractivity (Wildman–Crippen MR) is 357 cm³/mol. The summed E-state index contributed by atoms with van der Waals surface area (Å²) < 4.78 is 43.7. The number of aliphatic carboxylic acids is 2. The molecule has 8 aromatic carbocycles. The van der Waals surface area contributed by atoms with E-state index in [1.165, 1.54) is 61.2 Å². The van der Waals surface area contributed by atoms with Crippen molar-refractivity contribution in [3.8, 4) is 34.5 Å². The Kier molecular flexibility index (Phi) is 31.2. The van der Waals surface area contributed by atoms with E-state index >= 15 is 0 Å². The molecule has 0 radical (unpaired) electrons. The molecule has 0 saturated carbocycles. The summed E-state index contributed by atoms with van der Waals surface area (Å²) in [7, 11) is 3.36. The zero-order chi connectivity index (χ0) is 65.1. The molecule has 486 valence electrons. The summed E-state index contributed by atoms with van der Waals surface area (Å²) in [5.41, 5.74) is 11.8. The number of hydrogen-bond acceptors (Lipinski definition) is 11. The summed E-state index contributed by atoms with van der Waals surface area (Å²) in [4.78, 5) is 92.3. The van der Waals surface area contributed by atoms with Gasteiger partial charge in [-0.3, -0.25) is 44.2 Å². The number of aryl methyl sites for hydroxylation is 3. The summed E-state index contributed by atoms with van der Waals surface area (Å²) in [6.45, 7) is 2.60. The Morgan fingerprint density at radius 3 is 1.01 bits per heavy atom. The second-order valence-corrected chi connectivity index (χ2v) is 20.4. The number of likely N-dealkylation sites (N-methyl/N-ethyl adjacent to an activating group) is 1. The molecule has 17 nitrogen and oxygen atoms in total. The van der Waals surface area contributed by atoms with Crippen LogP contribution < -0.4 is 30.6 Å². The lowest BCUT2D eigenvalue weighted by molar-refractivity contribution is -0.136. The Labute approximate surface area is 541 Å². The largest absolute Gasteiger partial charge is 0.481 e. The van der Waals surface area contributed by atoms with Crippen molar-refractivity contribution >= 4 is 70.7 Å². The van der Waals surface area contributed by atoms with Gasteiger partial charge in [-0.15, -0.1) is 0 Å². The first-order chi connectivity index (χ1) is 43.0. The number of primary amides is 1. The van der Waals surface area contributed by atoms with Gasteiger partial charge in [0.15, 0.2) is 0 Å². The molecule has 0 bridgehead atoms. The highest BCUT2D eigenvalue weighted by molar-refractivity contribution is 6.24. The summed E-state index contributed by atoms with van der Waals surface area (Å²) in [6, 6.07) is 54.1. The van der Waals surface area contributed by atoms with Crippen LogP contribution in [0.4, 0.5) is 8.78 Å². The van der Waals surface area contributed by atoms with Gasteiger partial charge < -0.3 is 35.1 Å². The molecule has 0 aliphatic heterocycles. The van der Waals surface area contributed by atoms with E-state index in [1.54, 1.807) is 117 Å². The minimum atomic E-state index is -1.10. The molecule has 93 heavy (non-hydrogen) atoms. The van der Waals surface area contributed by atoms with Crippen LogP contribution in [-0.2, 0) is 64.0 Å². The van der Waals surface area contributed by atoms with Crippen molar-refractivity contribution in [2.75, 3.05) is 14.1 Å². The molecule has 0 aromatic heterocycles. The molecule has 0 atom stereocenters. The standard InChI is InChI=1S/C28H27FN2O4.C26H22FNO5.C17H17NO4.3CH4/c1-19(32)30-27(33)17-8-20-6-13-24(14-7-20)35-25-15-9-22(10-16-25)26(28(34)31(2)3)18-21-4-11-23(29)12-5-21;1-17(29)28-25(30)15-6-18-4-11-22(12-5-18)33-23-13-7-20(8-14-23)24(26(31)32)16-19-2-9-21(27)10-3-19;18-16(19)10-5-12-1-6-14(7-2-12)22-15-8-3-13(4-9-15)11-17(20)21;;;/h4-7,9-16,18H,8,17H2,1-3H3,(H,30,32,33);2-5,7-14,16H,6,15H2,1H3,(H,31,32)(H,28,29,30);1-4,6-9H,5,10-11H2,(H2,18,19)(H,20,21);3*1H4/b26-18+;24-16+;;;;. The quantitative estimate of drug-likeness (QED) is 0.0295. The molecule has 6 amide bonds. The monoisotopic (exact) mass is 1270 g/mol. The highest BCUT2D eigenvalue weighted by atomic mass is 19.1. The first kappa shape index (κ1) is 75.9. The van der Waals surface area contributed by atoms with Gasteiger partial charge in [-0.05, 0) is 173 Å². The van der Waals surface area contributed by atoms with E-state index in [9.17, 15) is 52.2 Å². The molecule has 0 saturated heterocycles. The Bertz CT molecular complexity index is 3820. The van der Waals surface area contributed by atoms with Crippen LogP contribution in [0.15, 0.2) is 194 Å². The molecule has 0 unspecified atom stereocenters. The summed E-state index contributed by atoms with van der Waals surface area (Å²) >= 11 is 0. The van der Waals surface area contributed by atoms with Gasteiger partial charge in [0.2, 0.25) is 29.5 Å². The van der Waals surface area contributed by atoms with Crippen molar-refractivity contribution < 1.29 is 71.6 Å². The maximum Gasteiger partial charge on any atom is 0.336 e. The molecule has 0 spiro atoms. The van der Waals surface area contributed by atoms with E-state index < -0.39 is 17.8 Å². The molecule has 8 rings (SSSR count). The van der Waals surface area contributed by atoms with Crippen molar-refractivity contribution in [2.24, 2.45) is 5.73 Å². The molecule has 0 heterocycles. The number of hydrogen-bond donors (Lipinski definition) is 5. The maximum absolute atomic E-state index is 13.3. The molecule has 8 aromatic rings. The van der Waals surface area contributed by atoms with Gasteiger partial charge in [0.1, 0.15) is 46.1 Å². The van der Waals surface area contributed by atoms with Crippen molar-refractivity contribution in [3.05, 3.63) is 250 Å². The van der Waals surface area contributed by atoms with E-state index in [1.807, 2.05) is 60.7 Å². The molecule has 19 heteroatoms. The lowest BCUT2D eigenvalue weighted by Crippen LogP contribution is -2.28. The van der Waals surface area contributed by atoms with Crippen LogP contribution in [0.2, 0.25) is 0 Å². The smallest absolute Gasteiger partial charge is 0.336 e. The van der Waals surface area contributed by atoms with Crippen molar-refractivity contribution in [1.82, 2.24) is 15.5 Å². The Hall–Kier alpha value is -11.3. The highest BCUT2D eigenvalue weighted by Gasteiger charge is 2.16. The van der Waals surface area contributed by atoms with Crippen LogP contribution in [0.3, 0.4) is 0 Å². The van der Waals surface area contributed by atoms with Crippen LogP contribution in [-0.4, -0.2) is 76.6 Å². The fourth-order valence-electron chi connectivity index (χ4n) is 8.37. The third-order valence-electron chi connectivity index (χ3n) is 12.9. The fourth-order valence-corrected chi connectivity index (χ4v) is 8.37. The van der Waals surface area contributed by atoms with Crippen LogP contribution in [0.25, 0.3) is 23.3 Å². The topological polar surface area (TPSA) is 258 Å². The number of carboxylic acid groups (broad SMARTS) is 2. The predicted octanol–water partition coefficient (Wildman–Crippen LogP) is 14.1. The average Bonchev–Trinajstić information content (AvgIpc) is 1.11. The fraction of sp³-hybridized carbons (Fsp3) is 0.189. The summed E-state index contributed by atoms with van der Waals surface area (Å²) in [6.07, 6.45) is 5.57. The molecule has 0 aliphatic rings. The Morgan fingerprint density at radius 2 is 0.720 bits per heavy atom. The molecular weight excluding hydrogens is 1190 g/mol. The van der Waals surface area contributed by atoms with Crippen LogP contribution in [0.5, 0.6) is 34.5 Å². The number of imide groups is 2. The zero-order valence-electron chi connectivity index (χ0n) is 49.7. The first-order valence-corrected chi connectivity index (χ1v) is 28.1. The van der Waals surface area contributed by atoms with Gasteiger partial charge in [0.25, 0.3) is 5.91 Å². The zero-order valence-corrected chi connectivity index (χ0v) is 49.7. The van der Waals surface area contributed by atoms with E-state index in [4.69, 9.17) is 25.1 Å². The second kappa shape index (κ2) is 38.3. The van der Waals surface area contributed by atoms with Crippen molar-refractivity contribution in [3.63, 3.8) is 0 Å². The van der Waals surface area contributed by atoms with Crippen LogP contribution >= 0.6 is 0 Å². The third-order valence-corrected chi connectivity index (χ3v) is 12.9. The molecule has 0 fully saturated rings. The minimum Gasteiger partial charge on any atom is -0.481 e. The highest BCUT2D eigenvalue weighted by Crippen LogP contribution is 2.29. The number of nitrogens with one attached hydrogen (secondary N) is 2. The number of carboxylic acids is 2. The van der Waals surface area contributed by atoms with E-state index in [0.29, 0.717) is 82.4 Å². The lowest BCUT2D eigenvalue weighted by Gasteiger charge is -2.15. The van der Waals surface area contributed by atoms with Crippen molar-refractivity contribution in [2.45, 2.75) is 81.1 Å². The molecular formula is C74H78F2N4O13. The van der Waals surface area contributed by atoms with Crippen molar-refractivity contribution in [1.29, 1.82) is 0 Å². The number of nitrogens with zero attached hydrogens (tertiary/aromatic N) is 1. The third kappa shape index (κ3) is 27.1. The molecule has 6 N–H and O–H groups in total. The molecule has 0 aliphatic carbocycles. The normalized spacial score (nSPS) is 10.5. The van der Waals surface area contributed by atoms with Gasteiger partial charge in [0.05, 0.1) is 12.0 Å². The lowest BCUT2D eigenvalue weighted by atomic mass is 10.0. The second-order valence-electron chi connectivity index (χ2n) is 20.4. The minimum absolute atomic E-state index is 0. The number of ether oxygens (including phenoxy) is 3. The van der Waals surface area contributed by atoms with Gasteiger partial charge in [0, 0.05) is 52.8 Å². The number of amides is 6. The Morgan fingerprint density at radius 1 is 0.430 bits per heavy atom. The van der Waals surface area contributed by atoms with Gasteiger partial charge in [-0.1, -0.05) is 119 Å². The van der Waals surface area contributed by atoms with Gasteiger partial charge in [-0.2, -0.15) is 0 Å². The number of nitrogens with two attached hydrogens (primary N) is 1. The van der Waals surface area contributed by atoms with E-state index in [0.717, 1.165) is 27.8 Å². The van der Waals surface area contributed by atoms with Gasteiger partial charge >= 0.3 is 11.9 Å². The summed E-state index contributed by atoms with van der Waals surface area (Å²) in [5, 5.41) is 22.8. The Balaban J connectivity index is 0.000000367. The van der Waals surface area contributed by atoms with E-state index in [-0.39, 0.29) is 88.4 Å². The van der Waals surface area contributed by atoms with Crippen LogP contribution in [0, 0.1) is 11.6 Å². The number of benzene rings is 8. The average molecular weight is 1270 g/mol.